The maximum Gasteiger partial charge on any atom is 0.165 e. The molecule has 1 N–H and O–H groups in total. The lowest BCUT2D eigenvalue weighted by Gasteiger charge is -2.35. The molecule has 0 aromatic heterocycles. The fraction of sp³-hybridized carbons (Fsp3) is 0.478. The lowest BCUT2D eigenvalue weighted by molar-refractivity contribution is 0.0446. The number of ether oxygens (including phenoxy) is 2. The van der Waals surface area contributed by atoms with Crippen LogP contribution in [0.4, 0.5) is 4.39 Å². The molecule has 0 radical (unpaired) electrons. The minimum atomic E-state index is -0.525. The van der Waals surface area contributed by atoms with Crippen molar-refractivity contribution in [2.24, 2.45) is 0 Å². The van der Waals surface area contributed by atoms with Crippen molar-refractivity contribution in [1.29, 1.82) is 0 Å². The van der Waals surface area contributed by atoms with Crippen LogP contribution in [0, 0.1) is 5.82 Å². The number of aliphatic hydroxyl groups is 1. The molecule has 0 amide bonds. The first kappa shape index (κ1) is 21.6. The summed E-state index contributed by atoms with van der Waals surface area (Å²) in [4.78, 5) is 4.55. The van der Waals surface area contributed by atoms with Crippen molar-refractivity contribution in [2.75, 3.05) is 46.4 Å². The smallest absolute Gasteiger partial charge is 0.165 e. The average Bonchev–Trinajstić information content (AvgIpc) is 2.74. The number of benzene rings is 2. The molecule has 0 saturated carbocycles. The van der Waals surface area contributed by atoms with Crippen LogP contribution in [0.1, 0.15) is 18.1 Å². The van der Waals surface area contributed by atoms with Gasteiger partial charge in [0.05, 0.1) is 7.11 Å². The SMILES string of the molecule is CCc1ccc(OCC(O)CN2CCN(Cc3ccc(OC)c(F)c3)CC2)cc1. The van der Waals surface area contributed by atoms with Crippen LogP contribution in [0.25, 0.3) is 0 Å². The van der Waals surface area contributed by atoms with Gasteiger partial charge in [-0.05, 0) is 41.8 Å². The first-order valence-electron chi connectivity index (χ1n) is 10.2. The molecule has 1 saturated heterocycles. The molecule has 1 fully saturated rings. The number of aliphatic hydroxyl groups excluding tert-OH is 1. The average molecular weight is 403 g/mol. The number of hydrogen-bond acceptors (Lipinski definition) is 5. The van der Waals surface area contributed by atoms with Crippen molar-refractivity contribution in [2.45, 2.75) is 26.0 Å². The predicted octanol–water partition coefficient (Wildman–Crippen LogP) is 2.95. The van der Waals surface area contributed by atoms with E-state index in [1.807, 2.05) is 18.2 Å². The van der Waals surface area contributed by atoms with Crippen molar-refractivity contribution in [3.05, 3.63) is 59.4 Å². The number of β-amino-alcohol motifs (C(OH)–C–C–N with tert-alkyl or cyclic N) is 1. The largest absolute Gasteiger partial charge is 0.494 e. The van der Waals surface area contributed by atoms with Gasteiger partial charge in [-0.25, -0.2) is 4.39 Å². The third-order valence-electron chi connectivity index (χ3n) is 5.33. The summed E-state index contributed by atoms with van der Waals surface area (Å²) in [5, 5.41) is 10.3. The van der Waals surface area contributed by atoms with Gasteiger partial charge in [-0.15, -0.1) is 0 Å². The Balaban J connectivity index is 1.38. The van der Waals surface area contributed by atoms with E-state index < -0.39 is 6.10 Å². The van der Waals surface area contributed by atoms with Gasteiger partial charge in [0.25, 0.3) is 0 Å². The lowest BCUT2D eigenvalue weighted by Crippen LogP contribution is -2.48. The summed E-state index contributed by atoms with van der Waals surface area (Å²) in [5.74, 6) is 0.741. The van der Waals surface area contributed by atoms with E-state index in [-0.39, 0.29) is 18.2 Å². The minimum absolute atomic E-state index is 0.274. The van der Waals surface area contributed by atoms with E-state index in [0.29, 0.717) is 13.1 Å². The first-order chi connectivity index (χ1) is 14.1. The molecule has 1 aliphatic rings. The van der Waals surface area contributed by atoms with Crippen LogP contribution in [0.5, 0.6) is 11.5 Å². The number of aryl methyl sites for hydroxylation is 1. The third-order valence-corrected chi connectivity index (χ3v) is 5.33. The van der Waals surface area contributed by atoms with Crippen LogP contribution in [0.3, 0.4) is 0 Å². The number of piperazine rings is 1. The zero-order chi connectivity index (χ0) is 20.6. The second-order valence-corrected chi connectivity index (χ2v) is 7.51. The van der Waals surface area contributed by atoms with Crippen molar-refractivity contribution < 1.29 is 19.0 Å². The van der Waals surface area contributed by atoms with Gasteiger partial charge in [0, 0.05) is 39.3 Å². The van der Waals surface area contributed by atoms with E-state index in [2.05, 4.69) is 28.9 Å². The Kier molecular flexibility index (Phi) is 7.86. The molecular weight excluding hydrogens is 371 g/mol. The van der Waals surface area contributed by atoms with Crippen molar-refractivity contribution in [1.82, 2.24) is 9.80 Å². The van der Waals surface area contributed by atoms with Crippen LogP contribution in [0.15, 0.2) is 42.5 Å². The fourth-order valence-electron chi connectivity index (χ4n) is 3.56. The van der Waals surface area contributed by atoms with Gasteiger partial charge in [-0.2, -0.15) is 0 Å². The molecule has 6 heteroatoms. The second-order valence-electron chi connectivity index (χ2n) is 7.51. The summed E-state index contributed by atoms with van der Waals surface area (Å²) >= 11 is 0. The van der Waals surface area contributed by atoms with E-state index in [4.69, 9.17) is 9.47 Å². The Morgan fingerprint density at radius 3 is 2.28 bits per heavy atom. The highest BCUT2D eigenvalue weighted by molar-refractivity contribution is 5.29. The Morgan fingerprint density at radius 1 is 1.00 bits per heavy atom. The van der Waals surface area contributed by atoms with Crippen molar-refractivity contribution in [3.63, 3.8) is 0 Å². The Hall–Kier alpha value is -2.15. The van der Waals surface area contributed by atoms with E-state index in [9.17, 15) is 9.50 Å². The number of hydrogen-bond donors (Lipinski definition) is 1. The lowest BCUT2D eigenvalue weighted by atomic mass is 10.1. The van der Waals surface area contributed by atoms with E-state index in [1.54, 1.807) is 12.1 Å². The summed E-state index contributed by atoms with van der Waals surface area (Å²) in [5.41, 5.74) is 2.22. The van der Waals surface area contributed by atoms with Crippen LogP contribution < -0.4 is 9.47 Å². The molecule has 1 aliphatic heterocycles. The topological polar surface area (TPSA) is 45.2 Å². The molecule has 0 spiro atoms. The minimum Gasteiger partial charge on any atom is -0.494 e. The van der Waals surface area contributed by atoms with E-state index in [0.717, 1.165) is 43.9 Å². The summed E-state index contributed by atoms with van der Waals surface area (Å²) < 4.78 is 24.5. The van der Waals surface area contributed by atoms with Gasteiger partial charge in [0.15, 0.2) is 11.6 Å². The highest BCUT2D eigenvalue weighted by Gasteiger charge is 2.20. The Bertz CT molecular complexity index is 761. The quantitative estimate of drug-likeness (QED) is 0.699. The summed E-state index contributed by atoms with van der Waals surface area (Å²) in [6.07, 6.45) is 0.477. The van der Waals surface area contributed by atoms with E-state index in [1.165, 1.54) is 12.7 Å². The van der Waals surface area contributed by atoms with E-state index >= 15 is 0 Å². The first-order valence-corrected chi connectivity index (χ1v) is 10.2. The van der Waals surface area contributed by atoms with Gasteiger partial charge < -0.3 is 14.6 Å². The van der Waals surface area contributed by atoms with Crippen LogP contribution >= 0.6 is 0 Å². The monoisotopic (exact) mass is 402 g/mol. The summed E-state index contributed by atoms with van der Waals surface area (Å²) in [6, 6.07) is 13.1. The molecule has 3 rings (SSSR count). The summed E-state index contributed by atoms with van der Waals surface area (Å²) in [6.45, 7) is 7.25. The number of nitrogens with zero attached hydrogens (tertiary/aromatic N) is 2. The zero-order valence-corrected chi connectivity index (χ0v) is 17.3. The second kappa shape index (κ2) is 10.6. The van der Waals surface area contributed by atoms with Crippen LogP contribution in [0.2, 0.25) is 0 Å². The van der Waals surface area contributed by atoms with Crippen molar-refractivity contribution >= 4 is 0 Å². The molecule has 29 heavy (non-hydrogen) atoms. The molecule has 0 aliphatic carbocycles. The number of rotatable bonds is 9. The molecule has 2 aromatic rings. The molecule has 1 atom stereocenters. The van der Waals surface area contributed by atoms with Crippen LogP contribution in [-0.2, 0) is 13.0 Å². The maximum atomic E-state index is 13.9. The molecule has 5 nitrogen and oxygen atoms in total. The fourth-order valence-corrected chi connectivity index (χ4v) is 3.56. The van der Waals surface area contributed by atoms with Gasteiger partial charge >= 0.3 is 0 Å². The maximum absolute atomic E-state index is 13.9. The normalized spacial score (nSPS) is 16.6. The zero-order valence-electron chi connectivity index (χ0n) is 17.3. The molecule has 1 unspecified atom stereocenters. The number of methoxy groups -OCH3 is 1. The Labute approximate surface area is 172 Å². The van der Waals surface area contributed by atoms with Gasteiger partial charge in [-0.3, -0.25) is 9.80 Å². The van der Waals surface area contributed by atoms with Gasteiger partial charge in [0.2, 0.25) is 0 Å². The molecule has 1 heterocycles. The third kappa shape index (κ3) is 6.42. The molecule has 0 bridgehead atoms. The van der Waals surface area contributed by atoms with Crippen LogP contribution in [-0.4, -0.2) is 67.5 Å². The highest BCUT2D eigenvalue weighted by Crippen LogP contribution is 2.19. The highest BCUT2D eigenvalue weighted by atomic mass is 19.1. The molecular formula is C23H31FN2O3. The van der Waals surface area contributed by atoms with Gasteiger partial charge in [-0.1, -0.05) is 25.1 Å². The summed E-state index contributed by atoms with van der Waals surface area (Å²) in [7, 11) is 1.47. The standard InChI is InChI=1S/C23H31FN2O3/c1-3-18-4-7-21(8-5-18)29-17-20(27)16-26-12-10-25(11-13-26)15-19-6-9-23(28-2)22(24)14-19/h4-9,14,20,27H,3,10-13,15-17H2,1-2H3. The Morgan fingerprint density at radius 2 is 1.66 bits per heavy atom. The number of halogens is 1. The predicted molar refractivity (Wildman–Crippen MR) is 112 cm³/mol. The molecule has 158 valence electrons. The molecule has 2 aromatic carbocycles. The van der Waals surface area contributed by atoms with Crippen molar-refractivity contribution in [3.8, 4) is 11.5 Å². The van der Waals surface area contributed by atoms with Gasteiger partial charge in [0.1, 0.15) is 18.5 Å².